The van der Waals surface area contributed by atoms with E-state index in [0.717, 1.165) is 17.0 Å². The van der Waals surface area contributed by atoms with Gasteiger partial charge in [-0.1, -0.05) is 18.2 Å². The minimum absolute atomic E-state index is 0.128. The van der Waals surface area contributed by atoms with Gasteiger partial charge in [0.2, 0.25) is 5.91 Å². The minimum atomic E-state index is -0.389. The molecule has 2 heterocycles. The first-order valence-corrected chi connectivity index (χ1v) is 8.89. The van der Waals surface area contributed by atoms with E-state index in [4.69, 9.17) is 4.74 Å². The van der Waals surface area contributed by atoms with E-state index in [2.05, 4.69) is 15.5 Å². The summed E-state index contributed by atoms with van der Waals surface area (Å²) in [6.07, 6.45) is 1.77. The van der Waals surface area contributed by atoms with E-state index in [1.54, 1.807) is 27.7 Å². The maximum absolute atomic E-state index is 12.4. The fraction of sp³-hybridized carbons (Fsp3) is 0.300. The van der Waals surface area contributed by atoms with Crippen molar-refractivity contribution in [1.82, 2.24) is 19.6 Å². The molecular weight excluding hydrogens is 358 g/mol. The second kappa shape index (κ2) is 8.08. The van der Waals surface area contributed by atoms with Gasteiger partial charge in [0.1, 0.15) is 6.54 Å². The summed E-state index contributed by atoms with van der Waals surface area (Å²) in [5.41, 5.74) is 4.34. The number of aromatic nitrogens is 4. The number of ether oxygens (including phenoxy) is 1. The van der Waals surface area contributed by atoms with Crippen LogP contribution in [0.15, 0.2) is 36.5 Å². The molecule has 0 aliphatic heterocycles. The van der Waals surface area contributed by atoms with Crippen molar-refractivity contribution < 1.29 is 14.3 Å². The lowest BCUT2D eigenvalue weighted by atomic mass is 10.1. The van der Waals surface area contributed by atoms with Crippen molar-refractivity contribution in [1.29, 1.82) is 0 Å². The van der Waals surface area contributed by atoms with Crippen molar-refractivity contribution in [2.45, 2.75) is 33.9 Å². The number of nitrogens with one attached hydrogen (secondary N) is 1. The Morgan fingerprint density at radius 2 is 1.86 bits per heavy atom. The molecule has 0 saturated heterocycles. The number of benzene rings is 1. The molecule has 1 aromatic carbocycles. The largest absolute Gasteiger partial charge is 0.465 e. The number of esters is 1. The Morgan fingerprint density at radius 3 is 2.54 bits per heavy atom. The van der Waals surface area contributed by atoms with Gasteiger partial charge in [-0.2, -0.15) is 10.2 Å². The fourth-order valence-corrected chi connectivity index (χ4v) is 3.04. The summed E-state index contributed by atoms with van der Waals surface area (Å²) < 4.78 is 8.21. The van der Waals surface area contributed by atoms with Crippen LogP contribution < -0.4 is 5.32 Å². The van der Waals surface area contributed by atoms with E-state index in [1.807, 2.05) is 39.0 Å². The van der Waals surface area contributed by atoms with Gasteiger partial charge >= 0.3 is 5.97 Å². The highest BCUT2D eigenvalue weighted by atomic mass is 16.5. The van der Waals surface area contributed by atoms with Gasteiger partial charge < -0.3 is 10.1 Å². The Balaban J connectivity index is 1.79. The van der Waals surface area contributed by atoms with Crippen molar-refractivity contribution in [3.63, 3.8) is 0 Å². The van der Waals surface area contributed by atoms with Crippen LogP contribution in [-0.2, 0) is 22.6 Å². The van der Waals surface area contributed by atoms with Crippen molar-refractivity contribution in [2.24, 2.45) is 0 Å². The highest BCUT2D eigenvalue weighted by Crippen LogP contribution is 2.21. The highest BCUT2D eigenvalue weighted by Gasteiger charge is 2.17. The number of carbonyl (C=O) groups is 2. The maximum Gasteiger partial charge on any atom is 0.338 e. The molecule has 146 valence electrons. The van der Waals surface area contributed by atoms with Gasteiger partial charge in [-0.25, -0.2) is 4.79 Å². The van der Waals surface area contributed by atoms with E-state index < -0.39 is 0 Å². The number of nitrogens with zero attached hydrogens (tertiary/aromatic N) is 4. The molecule has 8 nitrogen and oxygen atoms in total. The van der Waals surface area contributed by atoms with Crippen molar-refractivity contribution in [3.8, 4) is 0 Å². The molecule has 0 saturated carbocycles. The van der Waals surface area contributed by atoms with Crippen LogP contribution in [0.5, 0.6) is 0 Å². The zero-order chi connectivity index (χ0) is 20.3. The van der Waals surface area contributed by atoms with Crippen LogP contribution in [0, 0.1) is 20.8 Å². The third kappa shape index (κ3) is 4.11. The van der Waals surface area contributed by atoms with E-state index in [9.17, 15) is 9.59 Å². The average Bonchev–Trinajstić information content (AvgIpc) is 3.19. The molecule has 28 heavy (non-hydrogen) atoms. The summed E-state index contributed by atoms with van der Waals surface area (Å²) in [5.74, 6) is -0.566. The first kappa shape index (κ1) is 19.3. The molecule has 0 atom stereocenters. The molecular formula is C20H23N5O3. The average molecular weight is 381 g/mol. The number of amides is 1. The molecule has 1 N–H and O–H groups in total. The molecule has 0 aliphatic carbocycles. The summed E-state index contributed by atoms with van der Waals surface area (Å²) in [4.78, 5) is 24.4. The van der Waals surface area contributed by atoms with Gasteiger partial charge in [-0.05, 0) is 38.5 Å². The van der Waals surface area contributed by atoms with Crippen molar-refractivity contribution in [3.05, 3.63) is 64.7 Å². The lowest BCUT2D eigenvalue weighted by molar-refractivity contribution is -0.116. The molecule has 1 amide bonds. The molecule has 0 unspecified atom stereocenters. The molecule has 0 aliphatic rings. The first-order valence-electron chi connectivity index (χ1n) is 8.89. The smallest absolute Gasteiger partial charge is 0.338 e. The Kier molecular flexibility index (Phi) is 5.58. The van der Waals surface area contributed by atoms with Crippen molar-refractivity contribution in [2.75, 3.05) is 12.4 Å². The Morgan fingerprint density at radius 1 is 1.11 bits per heavy atom. The van der Waals surface area contributed by atoms with Gasteiger partial charge in [0, 0.05) is 6.20 Å². The SMILES string of the molecule is COC(=O)c1ccccc1Cn1nc(C)c(NC(=O)Cn2ccc(C)n2)c1C. The second-order valence-electron chi connectivity index (χ2n) is 6.56. The third-order valence-corrected chi connectivity index (χ3v) is 4.47. The summed E-state index contributed by atoms with van der Waals surface area (Å²) in [6, 6.07) is 9.09. The fourth-order valence-electron chi connectivity index (χ4n) is 3.04. The topological polar surface area (TPSA) is 91.0 Å². The van der Waals surface area contributed by atoms with Crippen LogP contribution in [0.3, 0.4) is 0 Å². The predicted octanol–water partition coefficient (Wildman–Crippen LogP) is 2.48. The standard InChI is InChI=1S/C20H23N5O3/c1-13-9-10-24(22-13)12-18(26)21-19-14(2)23-25(15(19)3)11-16-7-5-6-8-17(16)20(27)28-4/h5-10H,11-12H2,1-4H3,(H,21,26). The molecule has 0 spiro atoms. The molecule has 3 rings (SSSR count). The zero-order valence-corrected chi connectivity index (χ0v) is 16.4. The molecule has 2 aromatic heterocycles. The van der Waals surface area contributed by atoms with Gasteiger partial charge in [-0.3, -0.25) is 14.2 Å². The van der Waals surface area contributed by atoms with E-state index >= 15 is 0 Å². The van der Waals surface area contributed by atoms with Crippen LogP contribution in [0.1, 0.15) is 33.0 Å². The number of rotatable bonds is 6. The Bertz CT molecular complexity index is 1020. The summed E-state index contributed by atoms with van der Waals surface area (Å²) >= 11 is 0. The normalized spacial score (nSPS) is 10.7. The van der Waals surface area contributed by atoms with Crippen molar-refractivity contribution >= 4 is 17.6 Å². The van der Waals surface area contributed by atoms with E-state index in [0.29, 0.717) is 23.5 Å². The van der Waals surface area contributed by atoms with Gasteiger partial charge in [-0.15, -0.1) is 0 Å². The quantitative estimate of drug-likeness (QED) is 0.663. The third-order valence-electron chi connectivity index (χ3n) is 4.47. The number of anilines is 1. The van der Waals surface area contributed by atoms with Crippen LogP contribution in [0.2, 0.25) is 0 Å². The lowest BCUT2D eigenvalue weighted by Gasteiger charge is -2.10. The van der Waals surface area contributed by atoms with Crippen LogP contribution in [-0.4, -0.2) is 38.5 Å². The molecule has 0 fully saturated rings. The van der Waals surface area contributed by atoms with E-state index in [-0.39, 0.29) is 18.4 Å². The van der Waals surface area contributed by atoms with Crippen LogP contribution in [0.25, 0.3) is 0 Å². The number of methoxy groups -OCH3 is 1. The van der Waals surface area contributed by atoms with Gasteiger partial charge in [0.15, 0.2) is 0 Å². The molecule has 8 heteroatoms. The number of hydrogen-bond acceptors (Lipinski definition) is 5. The van der Waals surface area contributed by atoms with Crippen LogP contribution in [0.4, 0.5) is 5.69 Å². The zero-order valence-electron chi connectivity index (χ0n) is 16.4. The molecule has 3 aromatic rings. The maximum atomic E-state index is 12.4. The predicted molar refractivity (Wildman–Crippen MR) is 104 cm³/mol. The number of carbonyl (C=O) groups excluding carboxylic acids is 2. The Hall–Kier alpha value is -3.42. The monoisotopic (exact) mass is 381 g/mol. The van der Waals surface area contributed by atoms with Crippen LogP contribution >= 0.6 is 0 Å². The van der Waals surface area contributed by atoms with Gasteiger partial charge in [0.05, 0.1) is 42.0 Å². The minimum Gasteiger partial charge on any atom is -0.465 e. The molecule has 0 radical (unpaired) electrons. The number of hydrogen-bond donors (Lipinski definition) is 1. The van der Waals surface area contributed by atoms with Gasteiger partial charge in [0.25, 0.3) is 0 Å². The summed E-state index contributed by atoms with van der Waals surface area (Å²) in [6.45, 7) is 6.12. The highest BCUT2D eigenvalue weighted by molar-refractivity contribution is 5.92. The number of aryl methyl sites for hydroxylation is 2. The lowest BCUT2D eigenvalue weighted by Crippen LogP contribution is -2.20. The molecule has 0 bridgehead atoms. The summed E-state index contributed by atoms with van der Waals surface area (Å²) in [7, 11) is 1.36. The second-order valence-corrected chi connectivity index (χ2v) is 6.56. The Labute approximate surface area is 163 Å². The summed E-state index contributed by atoms with van der Waals surface area (Å²) in [5, 5.41) is 11.7. The van der Waals surface area contributed by atoms with E-state index in [1.165, 1.54) is 7.11 Å². The first-order chi connectivity index (χ1) is 13.4.